The lowest BCUT2D eigenvalue weighted by molar-refractivity contribution is -0.138. The summed E-state index contributed by atoms with van der Waals surface area (Å²) in [6.45, 7) is 4.93. The second-order valence-corrected chi connectivity index (χ2v) is 7.48. The average molecular weight is 343 g/mol. The normalized spacial score (nSPS) is 23.4. The number of hydrogen-bond acceptors (Lipinski definition) is 3. The van der Waals surface area contributed by atoms with Crippen molar-refractivity contribution >= 4 is 11.8 Å². The first kappa shape index (κ1) is 17.9. The van der Waals surface area contributed by atoms with Gasteiger partial charge < -0.3 is 15.5 Å². The van der Waals surface area contributed by atoms with Crippen molar-refractivity contribution in [1.82, 2.24) is 9.80 Å². The molecule has 0 spiro atoms. The van der Waals surface area contributed by atoms with Gasteiger partial charge in [0.15, 0.2) is 0 Å². The van der Waals surface area contributed by atoms with Crippen LogP contribution < -0.4 is 5.73 Å². The molecule has 2 saturated heterocycles. The van der Waals surface area contributed by atoms with E-state index in [0.29, 0.717) is 18.0 Å². The van der Waals surface area contributed by atoms with Crippen molar-refractivity contribution in [3.05, 3.63) is 35.9 Å². The first-order chi connectivity index (χ1) is 12.1. The van der Waals surface area contributed by atoms with Crippen molar-refractivity contribution in [2.45, 2.75) is 38.6 Å². The molecule has 0 radical (unpaired) electrons. The van der Waals surface area contributed by atoms with Crippen LogP contribution in [0.4, 0.5) is 0 Å². The van der Waals surface area contributed by atoms with Crippen LogP contribution in [-0.4, -0.2) is 53.8 Å². The van der Waals surface area contributed by atoms with Crippen LogP contribution in [0.5, 0.6) is 0 Å². The van der Waals surface area contributed by atoms with Crippen molar-refractivity contribution in [3.8, 4) is 0 Å². The first-order valence-corrected chi connectivity index (χ1v) is 9.45. The van der Waals surface area contributed by atoms with E-state index in [2.05, 4.69) is 6.92 Å². The van der Waals surface area contributed by atoms with Gasteiger partial charge >= 0.3 is 0 Å². The molecule has 0 saturated carbocycles. The Morgan fingerprint density at radius 1 is 1.04 bits per heavy atom. The second kappa shape index (κ2) is 8.00. The van der Waals surface area contributed by atoms with Crippen LogP contribution in [0, 0.1) is 11.8 Å². The topological polar surface area (TPSA) is 66.6 Å². The Morgan fingerprint density at radius 3 is 2.36 bits per heavy atom. The fraction of sp³-hybridized carbons (Fsp3) is 0.600. The summed E-state index contributed by atoms with van der Waals surface area (Å²) < 4.78 is 0. The molecule has 2 fully saturated rings. The van der Waals surface area contributed by atoms with Crippen LogP contribution in [0.3, 0.4) is 0 Å². The summed E-state index contributed by atoms with van der Waals surface area (Å²) in [5.74, 6) is 0.710. The predicted octanol–water partition coefficient (Wildman–Crippen LogP) is 2.12. The molecule has 0 aliphatic carbocycles. The summed E-state index contributed by atoms with van der Waals surface area (Å²) >= 11 is 0. The van der Waals surface area contributed by atoms with E-state index in [1.807, 2.05) is 40.1 Å². The fourth-order valence-corrected chi connectivity index (χ4v) is 4.03. The molecular weight excluding hydrogens is 314 g/mol. The molecule has 25 heavy (non-hydrogen) atoms. The van der Waals surface area contributed by atoms with Gasteiger partial charge in [-0.25, -0.2) is 0 Å². The third-order valence-electron chi connectivity index (χ3n) is 5.67. The van der Waals surface area contributed by atoms with Gasteiger partial charge in [0.25, 0.3) is 5.91 Å². The van der Waals surface area contributed by atoms with Crippen molar-refractivity contribution in [2.75, 3.05) is 26.2 Å². The highest BCUT2D eigenvalue weighted by molar-refractivity contribution is 5.94. The lowest BCUT2D eigenvalue weighted by Crippen LogP contribution is -2.49. The van der Waals surface area contributed by atoms with Crippen LogP contribution in [-0.2, 0) is 4.79 Å². The summed E-state index contributed by atoms with van der Waals surface area (Å²) in [5.41, 5.74) is 6.69. The predicted molar refractivity (Wildman–Crippen MR) is 98.0 cm³/mol. The number of nitrogens with zero attached hydrogens (tertiary/aromatic N) is 2. The molecule has 2 atom stereocenters. The number of carbonyl (C=O) groups is 2. The Balaban J connectivity index is 1.58. The quantitative estimate of drug-likeness (QED) is 0.914. The van der Waals surface area contributed by atoms with E-state index in [0.717, 1.165) is 45.3 Å². The molecule has 0 bridgehead atoms. The maximum absolute atomic E-state index is 12.9. The van der Waals surface area contributed by atoms with Crippen LogP contribution in [0.2, 0.25) is 0 Å². The average Bonchev–Trinajstić information content (AvgIpc) is 2.67. The van der Waals surface area contributed by atoms with Gasteiger partial charge in [0.2, 0.25) is 5.91 Å². The van der Waals surface area contributed by atoms with Gasteiger partial charge in [0.1, 0.15) is 0 Å². The van der Waals surface area contributed by atoms with Gasteiger partial charge in [0.05, 0.1) is 5.92 Å². The van der Waals surface area contributed by atoms with Gasteiger partial charge in [-0.15, -0.1) is 0 Å². The highest BCUT2D eigenvalue weighted by atomic mass is 16.2. The summed E-state index contributed by atoms with van der Waals surface area (Å²) in [4.78, 5) is 29.4. The minimum Gasteiger partial charge on any atom is -0.342 e. The minimum absolute atomic E-state index is 0.0359. The maximum atomic E-state index is 12.9. The smallest absolute Gasteiger partial charge is 0.253 e. The van der Waals surface area contributed by atoms with Crippen molar-refractivity contribution in [3.63, 3.8) is 0 Å². The summed E-state index contributed by atoms with van der Waals surface area (Å²) in [6.07, 6.45) is 3.75. The minimum atomic E-state index is -0.0618. The van der Waals surface area contributed by atoms with Gasteiger partial charge in [-0.2, -0.15) is 0 Å². The van der Waals surface area contributed by atoms with Crippen molar-refractivity contribution in [2.24, 2.45) is 17.6 Å². The summed E-state index contributed by atoms with van der Waals surface area (Å²) in [6, 6.07) is 9.54. The number of rotatable bonds is 3. The molecule has 3 rings (SSSR count). The van der Waals surface area contributed by atoms with E-state index in [4.69, 9.17) is 5.73 Å². The second-order valence-electron chi connectivity index (χ2n) is 7.48. The third kappa shape index (κ3) is 4.21. The Bertz CT molecular complexity index is 594. The molecular formula is C20H29N3O2. The zero-order valence-corrected chi connectivity index (χ0v) is 15.1. The van der Waals surface area contributed by atoms with E-state index >= 15 is 0 Å². The first-order valence-electron chi connectivity index (χ1n) is 9.45. The molecule has 2 unspecified atom stereocenters. The highest BCUT2D eigenvalue weighted by Crippen LogP contribution is 2.25. The number of carbonyl (C=O) groups excluding carboxylic acids is 2. The molecule has 2 amide bonds. The van der Waals surface area contributed by atoms with Gasteiger partial charge in [-0.1, -0.05) is 18.2 Å². The number of piperidine rings is 2. The molecule has 2 N–H and O–H groups in total. The van der Waals surface area contributed by atoms with Crippen LogP contribution in [0.25, 0.3) is 0 Å². The van der Waals surface area contributed by atoms with Crippen LogP contribution >= 0.6 is 0 Å². The maximum Gasteiger partial charge on any atom is 0.253 e. The van der Waals surface area contributed by atoms with Crippen molar-refractivity contribution < 1.29 is 9.59 Å². The van der Waals surface area contributed by atoms with E-state index in [-0.39, 0.29) is 23.8 Å². The van der Waals surface area contributed by atoms with Crippen LogP contribution in [0.1, 0.15) is 43.0 Å². The van der Waals surface area contributed by atoms with E-state index in [1.54, 1.807) is 0 Å². The third-order valence-corrected chi connectivity index (χ3v) is 5.67. The SMILES string of the molecule is CC(N)C1CCN(C(=O)C2CCCN(C(=O)c3ccccc3)C2)CC1. The molecule has 2 heterocycles. The number of amides is 2. The molecule has 1 aromatic rings. The van der Waals surface area contributed by atoms with Gasteiger partial charge in [-0.3, -0.25) is 9.59 Å². The van der Waals surface area contributed by atoms with Gasteiger partial charge in [0, 0.05) is 37.8 Å². The van der Waals surface area contributed by atoms with Crippen molar-refractivity contribution in [1.29, 1.82) is 0 Å². The summed E-state index contributed by atoms with van der Waals surface area (Å²) in [7, 11) is 0. The Kier molecular flexibility index (Phi) is 5.74. The van der Waals surface area contributed by atoms with E-state index < -0.39 is 0 Å². The largest absolute Gasteiger partial charge is 0.342 e. The molecule has 0 aromatic heterocycles. The molecule has 2 aliphatic rings. The zero-order chi connectivity index (χ0) is 17.8. The number of likely N-dealkylation sites (tertiary alicyclic amines) is 2. The Hall–Kier alpha value is -1.88. The monoisotopic (exact) mass is 343 g/mol. The lowest BCUT2D eigenvalue weighted by atomic mass is 9.89. The molecule has 5 nitrogen and oxygen atoms in total. The Morgan fingerprint density at radius 2 is 1.72 bits per heavy atom. The highest BCUT2D eigenvalue weighted by Gasteiger charge is 2.33. The lowest BCUT2D eigenvalue weighted by Gasteiger charge is -2.38. The number of nitrogens with two attached hydrogens (primary N) is 1. The molecule has 1 aromatic carbocycles. The van der Waals surface area contributed by atoms with Gasteiger partial charge in [-0.05, 0) is 50.7 Å². The fourth-order valence-electron chi connectivity index (χ4n) is 4.03. The van der Waals surface area contributed by atoms with Crippen LogP contribution in [0.15, 0.2) is 30.3 Å². The molecule has 2 aliphatic heterocycles. The molecule has 136 valence electrons. The van der Waals surface area contributed by atoms with E-state index in [9.17, 15) is 9.59 Å². The summed E-state index contributed by atoms with van der Waals surface area (Å²) in [5, 5.41) is 0. The number of benzene rings is 1. The molecule has 5 heteroatoms. The zero-order valence-electron chi connectivity index (χ0n) is 15.1. The van der Waals surface area contributed by atoms with E-state index in [1.165, 1.54) is 0 Å². The Labute approximate surface area is 150 Å². The number of hydrogen-bond donors (Lipinski definition) is 1. The standard InChI is InChI=1S/C20H29N3O2/c1-15(21)16-9-12-22(13-10-16)20(25)18-8-5-11-23(14-18)19(24)17-6-3-2-4-7-17/h2-4,6-7,15-16,18H,5,8-14,21H2,1H3.